The topological polar surface area (TPSA) is 38.3 Å². The minimum Gasteiger partial charge on any atom is -0.468 e. The van der Waals surface area contributed by atoms with Crippen LogP contribution in [0.3, 0.4) is 0 Å². The number of ether oxygens (including phenoxy) is 1. The maximum atomic E-state index is 11.6. The molecule has 1 saturated heterocycles. The van der Waals surface area contributed by atoms with Gasteiger partial charge in [-0.05, 0) is 18.5 Å². The standard InChI is InChI=1S/C12H15NO2/c1-15-11(14)12(7-8-13-12)9-10-5-3-2-4-6-10/h2-6,13H,7-9H2,1H3/t12-/m1/s1. The second-order valence-electron chi connectivity index (χ2n) is 3.91. The Balaban J connectivity index is 2.12. The number of esters is 1. The normalized spacial score (nSPS) is 24.3. The van der Waals surface area contributed by atoms with Crippen LogP contribution in [0, 0.1) is 0 Å². The molecule has 3 heteroatoms. The van der Waals surface area contributed by atoms with Crippen LogP contribution in [0.1, 0.15) is 12.0 Å². The molecule has 0 radical (unpaired) electrons. The second-order valence-corrected chi connectivity index (χ2v) is 3.91. The van der Waals surface area contributed by atoms with Crippen molar-refractivity contribution in [1.29, 1.82) is 0 Å². The third-order valence-corrected chi connectivity index (χ3v) is 2.94. The summed E-state index contributed by atoms with van der Waals surface area (Å²) in [5, 5.41) is 3.18. The molecule has 1 fully saturated rings. The van der Waals surface area contributed by atoms with Crippen LogP contribution in [0.25, 0.3) is 0 Å². The molecule has 1 atom stereocenters. The molecule has 3 nitrogen and oxygen atoms in total. The lowest BCUT2D eigenvalue weighted by Crippen LogP contribution is -2.64. The van der Waals surface area contributed by atoms with Gasteiger partial charge in [0.25, 0.3) is 0 Å². The van der Waals surface area contributed by atoms with Gasteiger partial charge in [0, 0.05) is 6.42 Å². The van der Waals surface area contributed by atoms with Crippen molar-refractivity contribution < 1.29 is 9.53 Å². The second kappa shape index (κ2) is 4.03. The largest absolute Gasteiger partial charge is 0.468 e. The molecule has 0 amide bonds. The van der Waals surface area contributed by atoms with Gasteiger partial charge in [-0.15, -0.1) is 0 Å². The van der Waals surface area contributed by atoms with E-state index in [1.807, 2.05) is 30.3 Å². The summed E-state index contributed by atoms with van der Waals surface area (Å²) in [6, 6.07) is 10.0. The van der Waals surface area contributed by atoms with Crippen molar-refractivity contribution in [3.63, 3.8) is 0 Å². The number of benzene rings is 1. The molecule has 80 valence electrons. The highest BCUT2D eigenvalue weighted by Gasteiger charge is 2.44. The molecular weight excluding hydrogens is 190 g/mol. The van der Waals surface area contributed by atoms with Crippen LogP contribution in [0.5, 0.6) is 0 Å². The minimum atomic E-state index is -0.476. The van der Waals surface area contributed by atoms with Crippen molar-refractivity contribution in [3.05, 3.63) is 35.9 Å². The lowest BCUT2D eigenvalue weighted by atomic mass is 9.82. The third-order valence-electron chi connectivity index (χ3n) is 2.94. The summed E-state index contributed by atoms with van der Waals surface area (Å²) in [6.07, 6.45) is 1.56. The Morgan fingerprint density at radius 2 is 2.13 bits per heavy atom. The van der Waals surface area contributed by atoms with Gasteiger partial charge in [0.15, 0.2) is 0 Å². The average molecular weight is 205 g/mol. The van der Waals surface area contributed by atoms with E-state index in [1.54, 1.807) is 0 Å². The fraction of sp³-hybridized carbons (Fsp3) is 0.417. The summed E-state index contributed by atoms with van der Waals surface area (Å²) in [5.74, 6) is -0.155. The van der Waals surface area contributed by atoms with Gasteiger partial charge in [0.1, 0.15) is 5.54 Å². The van der Waals surface area contributed by atoms with Gasteiger partial charge >= 0.3 is 5.97 Å². The van der Waals surface area contributed by atoms with E-state index in [9.17, 15) is 4.79 Å². The van der Waals surface area contributed by atoms with Crippen molar-refractivity contribution in [2.24, 2.45) is 0 Å². The zero-order valence-electron chi connectivity index (χ0n) is 8.82. The SMILES string of the molecule is COC(=O)[C@]1(Cc2ccccc2)CCN1. The first-order valence-electron chi connectivity index (χ1n) is 5.14. The fourth-order valence-corrected chi connectivity index (χ4v) is 1.96. The van der Waals surface area contributed by atoms with Crippen LogP contribution in [0.2, 0.25) is 0 Å². The lowest BCUT2D eigenvalue weighted by Gasteiger charge is -2.40. The summed E-state index contributed by atoms with van der Waals surface area (Å²) in [6.45, 7) is 0.891. The molecule has 1 heterocycles. The maximum absolute atomic E-state index is 11.6. The molecule has 0 aromatic heterocycles. The first-order valence-corrected chi connectivity index (χ1v) is 5.14. The molecule has 0 saturated carbocycles. The van der Waals surface area contributed by atoms with Gasteiger partial charge in [-0.3, -0.25) is 4.79 Å². The van der Waals surface area contributed by atoms with Gasteiger partial charge in [0.05, 0.1) is 7.11 Å². The molecule has 1 aromatic rings. The predicted octanol–water partition coefficient (Wildman–Crippen LogP) is 1.13. The Kier molecular flexibility index (Phi) is 2.73. The van der Waals surface area contributed by atoms with Gasteiger partial charge < -0.3 is 10.1 Å². The number of nitrogens with one attached hydrogen (secondary N) is 1. The minimum absolute atomic E-state index is 0.155. The summed E-state index contributed by atoms with van der Waals surface area (Å²) >= 11 is 0. The van der Waals surface area contributed by atoms with E-state index in [1.165, 1.54) is 7.11 Å². The van der Waals surface area contributed by atoms with Crippen LogP contribution < -0.4 is 5.32 Å². The summed E-state index contributed by atoms with van der Waals surface area (Å²) < 4.78 is 4.83. The van der Waals surface area contributed by atoms with Crippen LogP contribution in [-0.2, 0) is 16.0 Å². The zero-order valence-corrected chi connectivity index (χ0v) is 8.82. The van der Waals surface area contributed by atoms with Gasteiger partial charge in [-0.1, -0.05) is 30.3 Å². The third kappa shape index (κ3) is 1.88. The summed E-state index contributed by atoms with van der Waals surface area (Å²) in [4.78, 5) is 11.6. The number of rotatable bonds is 3. The molecule has 0 bridgehead atoms. The maximum Gasteiger partial charge on any atom is 0.326 e. The van der Waals surface area contributed by atoms with Crippen LogP contribution >= 0.6 is 0 Å². The van der Waals surface area contributed by atoms with Gasteiger partial charge in [-0.25, -0.2) is 0 Å². The number of carbonyl (C=O) groups is 1. The predicted molar refractivity (Wildman–Crippen MR) is 57.5 cm³/mol. The number of methoxy groups -OCH3 is 1. The molecule has 0 spiro atoms. The summed E-state index contributed by atoms with van der Waals surface area (Å²) in [5.41, 5.74) is 0.686. The molecule has 1 aromatic carbocycles. The van der Waals surface area contributed by atoms with Crippen molar-refractivity contribution in [1.82, 2.24) is 5.32 Å². The highest BCUT2D eigenvalue weighted by molar-refractivity contribution is 5.82. The fourth-order valence-electron chi connectivity index (χ4n) is 1.96. The smallest absolute Gasteiger partial charge is 0.326 e. The summed E-state index contributed by atoms with van der Waals surface area (Å²) in [7, 11) is 1.44. The van der Waals surface area contributed by atoms with E-state index in [2.05, 4.69) is 5.32 Å². The monoisotopic (exact) mass is 205 g/mol. The Labute approximate surface area is 89.4 Å². The Morgan fingerprint density at radius 1 is 1.47 bits per heavy atom. The zero-order chi connectivity index (χ0) is 10.7. The Hall–Kier alpha value is -1.35. The molecule has 1 aliphatic heterocycles. The molecule has 0 aliphatic carbocycles. The van der Waals surface area contributed by atoms with E-state index >= 15 is 0 Å². The molecule has 0 unspecified atom stereocenters. The van der Waals surface area contributed by atoms with Crippen molar-refractivity contribution in [2.75, 3.05) is 13.7 Å². The van der Waals surface area contributed by atoms with E-state index in [4.69, 9.17) is 4.74 Å². The Morgan fingerprint density at radius 3 is 2.60 bits per heavy atom. The van der Waals surface area contributed by atoms with Crippen LogP contribution in [0.4, 0.5) is 0 Å². The molecule has 15 heavy (non-hydrogen) atoms. The van der Waals surface area contributed by atoms with Gasteiger partial charge in [0.2, 0.25) is 0 Å². The molecular formula is C12H15NO2. The van der Waals surface area contributed by atoms with Crippen LogP contribution in [0.15, 0.2) is 30.3 Å². The van der Waals surface area contributed by atoms with Crippen LogP contribution in [-0.4, -0.2) is 25.2 Å². The highest BCUT2D eigenvalue weighted by Crippen LogP contribution is 2.25. The van der Waals surface area contributed by atoms with E-state index in [0.717, 1.165) is 18.5 Å². The van der Waals surface area contributed by atoms with Gasteiger partial charge in [-0.2, -0.15) is 0 Å². The average Bonchev–Trinajstić information content (AvgIpc) is 2.24. The number of hydrogen-bond acceptors (Lipinski definition) is 3. The Bertz CT molecular complexity index is 344. The molecule has 1 N–H and O–H groups in total. The van der Waals surface area contributed by atoms with Crippen molar-refractivity contribution in [3.8, 4) is 0 Å². The lowest BCUT2D eigenvalue weighted by molar-refractivity contribution is -0.152. The quantitative estimate of drug-likeness (QED) is 0.752. The van der Waals surface area contributed by atoms with E-state index in [-0.39, 0.29) is 5.97 Å². The van der Waals surface area contributed by atoms with Crippen molar-refractivity contribution >= 4 is 5.97 Å². The molecule has 2 rings (SSSR count). The van der Waals surface area contributed by atoms with E-state index in [0.29, 0.717) is 6.42 Å². The molecule has 1 aliphatic rings. The first kappa shape index (κ1) is 10.2. The van der Waals surface area contributed by atoms with E-state index < -0.39 is 5.54 Å². The first-order chi connectivity index (χ1) is 7.27. The number of carbonyl (C=O) groups excluding carboxylic acids is 1. The highest BCUT2D eigenvalue weighted by atomic mass is 16.5. The van der Waals surface area contributed by atoms with Crippen molar-refractivity contribution in [2.45, 2.75) is 18.4 Å². The number of hydrogen-bond donors (Lipinski definition) is 1.